The minimum Gasteiger partial charge on any atom is -0.435 e. The van der Waals surface area contributed by atoms with E-state index in [1.165, 1.54) is 12.8 Å². The Morgan fingerprint density at radius 1 is 0.895 bits per heavy atom. The Bertz CT molecular complexity index is 1460. The lowest BCUT2D eigenvalue weighted by Crippen LogP contribution is -2.67. The highest BCUT2D eigenvalue weighted by molar-refractivity contribution is 5.84. The van der Waals surface area contributed by atoms with E-state index in [-0.39, 0.29) is 50.8 Å². The number of hydrogen-bond donors (Lipinski definition) is 5. The molecule has 326 valence electrons. The second-order valence-electron chi connectivity index (χ2n) is 21.7. The number of aliphatic hydroxyl groups excluding tert-OH is 4. The summed E-state index contributed by atoms with van der Waals surface area (Å²) in [6, 6.07) is 0. The zero-order valence-corrected chi connectivity index (χ0v) is 37.0. The Balaban J connectivity index is 1.20. The van der Waals surface area contributed by atoms with Crippen LogP contribution in [0.2, 0.25) is 0 Å². The predicted molar refractivity (Wildman–Crippen MR) is 222 cm³/mol. The first-order chi connectivity index (χ1) is 26.8. The molecule has 0 bridgehead atoms. The molecule has 0 radical (unpaired) electrons. The summed E-state index contributed by atoms with van der Waals surface area (Å²) in [5, 5.41) is 47.4. The number of fused-ring (bicyclic) bond motifs is 7. The number of rotatable bonds is 14. The maximum atomic E-state index is 14.5. The quantitative estimate of drug-likeness (QED) is 0.0730. The van der Waals surface area contributed by atoms with Crippen molar-refractivity contribution in [1.82, 2.24) is 10.2 Å². The molecule has 0 aromatic carbocycles. The van der Waals surface area contributed by atoms with E-state index in [0.717, 1.165) is 103 Å². The highest BCUT2D eigenvalue weighted by atomic mass is 16.7. The minimum atomic E-state index is -1.62. The molecule has 5 unspecified atom stereocenters. The zero-order chi connectivity index (χ0) is 41.8. The molecule has 6 rings (SSSR count). The molecule has 1 amide bonds. The van der Waals surface area contributed by atoms with Gasteiger partial charge in [-0.25, -0.2) is 0 Å². The van der Waals surface area contributed by atoms with Crippen LogP contribution in [-0.4, -0.2) is 101 Å². The number of hydrogen-bond acceptors (Lipinski definition) is 9. The van der Waals surface area contributed by atoms with Crippen LogP contribution < -0.4 is 5.32 Å². The lowest BCUT2D eigenvalue weighted by atomic mass is 9.33. The maximum absolute atomic E-state index is 14.5. The van der Waals surface area contributed by atoms with Crippen molar-refractivity contribution >= 4 is 12.4 Å². The number of ether oxygens (including phenoxy) is 2. The summed E-state index contributed by atoms with van der Waals surface area (Å²) in [6.07, 6.45) is 8.49. The summed E-state index contributed by atoms with van der Waals surface area (Å²) in [5.41, 5.74) is 1.13. The van der Waals surface area contributed by atoms with Gasteiger partial charge in [-0.15, -0.1) is 0 Å². The van der Waals surface area contributed by atoms with Crippen molar-refractivity contribution in [3.8, 4) is 0 Å². The van der Waals surface area contributed by atoms with Crippen LogP contribution in [-0.2, 0) is 19.1 Å². The fraction of sp³-hybridized carbons (Fsp3) is 0.915. The molecular weight excluding hydrogens is 721 g/mol. The van der Waals surface area contributed by atoms with Crippen molar-refractivity contribution in [2.24, 2.45) is 56.2 Å². The van der Waals surface area contributed by atoms with E-state index in [0.29, 0.717) is 17.7 Å². The molecule has 10 heteroatoms. The van der Waals surface area contributed by atoms with Crippen LogP contribution >= 0.6 is 0 Å². The smallest absolute Gasteiger partial charge is 0.295 e. The second-order valence-corrected chi connectivity index (χ2v) is 21.7. The van der Waals surface area contributed by atoms with Gasteiger partial charge in [0.05, 0.1) is 11.5 Å². The average molecular weight is 801 g/mol. The lowest BCUT2D eigenvalue weighted by Gasteiger charge is -2.71. The Hall–Kier alpha value is -1.56. The van der Waals surface area contributed by atoms with E-state index in [9.17, 15) is 30.0 Å². The largest absolute Gasteiger partial charge is 0.435 e. The molecule has 0 spiro atoms. The molecule has 0 aromatic heterocycles. The van der Waals surface area contributed by atoms with Gasteiger partial charge in [0.25, 0.3) is 6.47 Å². The van der Waals surface area contributed by atoms with Crippen LogP contribution in [0.3, 0.4) is 0 Å². The van der Waals surface area contributed by atoms with Gasteiger partial charge < -0.3 is 40.1 Å². The van der Waals surface area contributed by atoms with E-state index >= 15 is 0 Å². The van der Waals surface area contributed by atoms with Crippen LogP contribution in [0, 0.1) is 56.2 Å². The van der Waals surface area contributed by atoms with E-state index in [2.05, 4.69) is 78.6 Å². The third-order valence-corrected chi connectivity index (χ3v) is 18.3. The van der Waals surface area contributed by atoms with Gasteiger partial charge in [-0.3, -0.25) is 9.59 Å². The van der Waals surface area contributed by atoms with E-state index in [4.69, 9.17) is 9.47 Å². The number of aliphatic hydroxyl groups is 4. The fourth-order valence-corrected chi connectivity index (χ4v) is 14.6. The summed E-state index contributed by atoms with van der Waals surface area (Å²) < 4.78 is 10.7. The summed E-state index contributed by atoms with van der Waals surface area (Å²) in [5.74, 6) is 1.05. The Kier molecular flexibility index (Phi) is 13.2. The number of allylic oxidation sites excluding steroid dienone is 2. The molecule has 10 nitrogen and oxygen atoms in total. The van der Waals surface area contributed by atoms with Crippen LogP contribution in [0.25, 0.3) is 0 Å². The molecule has 57 heavy (non-hydrogen) atoms. The first-order valence-corrected chi connectivity index (χ1v) is 23.0. The van der Waals surface area contributed by atoms with Gasteiger partial charge in [-0.2, -0.15) is 0 Å². The van der Waals surface area contributed by atoms with Crippen LogP contribution in [0.15, 0.2) is 11.6 Å². The van der Waals surface area contributed by atoms with Crippen LogP contribution in [0.1, 0.15) is 152 Å². The number of unbranched alkanes of at least 4 members (excludes halogenated alkanes) is 3. The topological polar surface area (TPSA) is 149 Å². The Labute approximate surface area is 344 Å². The SMILES string of the molecule is CCN(CC)CCCCCCNC(=O)[C@]12CCC(C)(C)CC1C1=CCC3[C@@]4(C)CC[C@H]([C@H](O)[C@@H]5OC(OC=O)[C@@H](O)[C@H](O)C5O)C(C)(C)C4CC[C@@]3(C)[C@]1(C)CC2. The van der Waals surface area contributed by atoms with Gasteiger partial charge in [0.15, 0.2) is 0 Å². The highest BCUT2D eigenvalue weighted by Crippen LogP contribution is 2.76. The van der Waals surface area contributed by atoms with Crippen molar-refractivity contribution in [1.29, 1.82) is 0 Å². The summed E-state index contributed by atoms with van der Waals surface area (Å²) in [4.78, 5) is 28.2. The molecule has 5 aliphatic carbocycles. The average Bonchev–Trinajstić information content (AvgIpc) is 3.15. The number of nitrogens with one attached hydrogen (secondary N) is 1. The Morgan fingerprint density at radius 2 is 1.58 bits per heavy atom. The molecular formula is C47H80N2O8. The van der Waals surface area contributed by atoms with Crippen molar-refractivity contribution < 1.29 is 39.5 Å². The van der Waals surface area contributed by atoms with E-state index in [1.54, 1.807) is 5.57 Å². The number of nitrogens with zero attached hydrogens (tertiary/aromatic N) is 1. The number of carbonyl (C=O) groups is 2. The molecule has 1 saturated heterocycles. The minimum absolute atomic E-state index is 0.00574. The first-order valence-electron chi connectivity index (χ1n) is 23.0. The normalized spacial score (nSPS) is 44.0. The summed E-state index contributed by atoms with van der Waals surface area (Å²) >= 11 is 0. The zero-order valence-electron chi connectivity index (χ0n) is 37.0. The van der Waals surface area contributed by atoms with Gasteiger partial charge in [0.2, 0.25) is 12.2 Å². The predicted octanol–water partition coefficient (Wildman–Crippen LogP) is 6.76. The molecule has 0 aromatic rings. The molecule has 6 aliphatic rings. The maximum Gasteiger partial charge on any atom is 0.295 e. The van der Waals surface area contributed by atoms with Gasteiger partial charge in [0, 0.05) is 6.54 Å². The summed E-state index contributed by atoms with van der Waals surface area (Å²) in [7, 11) is 0. The van der Waals surface area contributed by atoms with Crippen LogP contribution in [0.5, 0.6) is 0 Å². The molecule has 5 N–H and O–H groups in total. The van der Waals surface area contributed by atoms with Crippen molar-refractivity contribution in [3.05, 3.63) is 11.6 Å². The van der Waals surface area contributed by atoms with Gasteiger partial charge >= 0.3 is 0 Å². The molecule has 1 aliphatic heterocycles. The van der Waals surface area contributed by atoms with Gasteiger partial charge in [0.1, 0.15) is 24.4 Å². The third kappa shape index (κ3) is 7.59. The highest BCUT2D eigenvalue weighted by Gasteiger charge is 2.69. The van der Waals surface area contributed by atoms with Crippen molar-refractivity contribution in [2.75, 3.05) is 26.2 Å². The van der Waals surface area contributed by atoms with Gasteiger partial charge in [-0.1, -0.05) is 86.8 Å². The lowest BCUT2D eigenvalue weighted by molar-refractivity contribution is -0.308. The third-order valence-electron chi connectivity index (χ3n) is 18.3. The summed E-state index contributed by atoms with van der Waals surface area (Å²) in [6.45, 7) is 25.7. The first kappa shape index (κ1) is 45.0. The molecule has 1 heterocycles. The Morgan fingerprint density at radius 3 is 2.26 bits per heavy atom. The van der Waals surface area contributed by atoms with E-state index < -0.39 is 36.8 Å². The monoisotopic (exact) mass is 801 g/mol. The number of amides is 1. The standard InChI is InChI=1S/C47H80N2O8/c1-10-49(11-2)27-15-13-12-14-26-48-41(55)47-24-22-42(3,4)28-32(47)30-16-17-34-44(7)20-18-31(35(51)39-37(53)36(52)38(54)40(57-39)56-29-50)43(5,6)33(44)19-21-46(34,9)45(30,8)23-25-47/h16,29,31-40,51-54H,10-15,17-28H2,1-9H3,(H,48,55)/t31-,32?,33?,34?,35+,36-,37?,38+,39+,40?,44+,45-,46-,47+/m1/s1. The number of carbonyl (C=O) groups excluding carboxylic acids is 2. The van der Waals surface area contributed by atoms with E-state index in [1.807, 2.05) is 0 Å². The van der Waals surface area contributed by atoms with Crippen molar-refractivity contribution in [2.45, 2.75) is 189 Å². The van der Waals surface area contributed by atoms with Gasteiger partial charge in [-0.05, 0) is 147 Å². The molecule has 14 atom stereocenters. The van der Waals surface area contributed by atoms with Crippen LogP contribution in [0.4, 0.5) is 0 Å². The second kappa shape index (κ2) is 16.7. The molecule has 4 saturated carbocycles. The van der Waals surface area contributed by atoms with Crippen molar-refractivity contribution in [3.63, 3.8) is 0 Å². The fourth-order valence-electron chi connectivity index (χ4n) is 14.6. The molecule has 5 fully saturated rings.